The summed E-state index contributed by atoms with van der Waals surface area (Å²) in [6, 6.07) is 0. The maximum atomic E-state index is 12.0. The number of rotatable bonds is 2. The molecule has 24 heavy (non-hydrogen) atoms. The van der Waals surface area contributed by atoms with Gasteiger partial charge in [-0.3, -0.25) is 0 Å². The topological polar surface area (TPSA) is 95.9 Å². The van der Waals surface area contributed by atoms with Crippen LogP contribution in [0.4, 0.5) is 10.6 Å². The lowest BCUT2D eigenvalue weighted by Crippen LogP contribution is -2.50. The summed E-state index contributed by atoms with van der Waals surface area (Å²) in [5, 5.41) is 8.80. The van der Waals surface area contributed by atoms with Crippen molar-refractivity contribution in [3.05, 3.63) is 18.1 Å². The Morgan fingerprint density at radius 2 is 1.67 bits per heavy atom. The highest BCUT2D eigenvalue weighted by molar-refractivity contribution is 5.84. The van der Waals surface area contributed by atoms with Crippen LogP contribution >= 0.6 is 0 Å². The number of amides is 1. The summed E-state index contributed by atoms with van der Waals surface area (Å²) in [6.07, 6.45) is 2.35. The van der Waals surface area contributed by atoms with E-state index in [1.807, 2.05) is 39.5 Å². The van der Waals surface area contributed by atoms with Crippen LogP contribution in [-0.4, -0.2) is 63.8 Å². The fourth-order valence-electron chi connectivity index (χ4n) is 2.04. The summed E-state index contributed by atoms with van der Waals surface area (Å²) in [4.78, 5) is 34.3. The molecule has 0 atom stereocenters. The largest absolute Gasteiger partial charge is 0.476 e. The van der Waals surface area contributed by atoms with E-state index in [9.17, 15) is 9.59 Å². The van der Waals surface area contributed by atoms with Gasteiger partial charge in [0.05, 0.1) is 12.4 Å². The van der Waals surface area contributed by atoms with Crippen LogP contribution in [0.2, 0.25) is 0 Å². The van der Waals surface area contributed by atoms with Crippen LogP contribution in [0.3, 0.4) is 0 Å². The minimum Gasteiger partial charge on any atom is -0.476 e. The van der Waals surface area contributed by atoms with E-state index in [-0.39, 0.29) is 11.8 Å². The fourth-order valence-corrected chi connectivity index (χ4v) is 2.04. The minimum atomic E-state index is -1.10. The lowest BCUT2D eigenvalue weighted by atomic mass is 10.2. The van der Waals surface area contributed by atoms with Crippen LogP contribution in [0.5, 0.6) is 0 Å². The molecule has 1 saturated heterocycles. The number of hydrogen-bond donors (Lipinski definition) is 1. The number of carbonyl (C=O) groups is 2. The van der Waals surface area contributed by atoms with Gasteiger partial charge in [0, 0.05) is 26.2 Å². The molecule has 1 aromatic rings. The Hall–Kier alpha value is -2.38. The Bertz CT molecular complexity index is 546. The van der Waals surface area contributed by atoms with E-state index in [2.05, 4.69) is 9.97 Å². The molecule has 0 radical (unpaired) electrons. The van der Waals surface area contributed by atoms with Crippen molar-refractivity contribution in [1.29, 1.82) is 0 Å². The molecule has 1 N–H and O–H groups in total. The summed E-state index contributed by atoms with van der Waals surface area (Å²) >= 11 is 0. The molecule has 1 aliphatic rings. The first-order chi connectivity index (χ1) is 11.3. The van der Waals surface area contributed by atoms with E-state index in [4.69, 9.17) is 9.84 Å². The fraction of sp³-hybridized carbons (Fsp3) is 0.625. The molecule has 1 aliphatic heterocycles. The van der Waals surface area contributed by atoms with Gasteiger partial charge >= 0.3 is 12.1 Å². The lowest BCUT2D eigenvalue weighted by Gasteiger charge is -2.36. The predicted octanol–water partition coefficient (Wildman–Crippen LogP) is 2.26. The van der Waals surface area contributed by atoms with Gasteiger partial charge in [-0.2, -0.15) is 0 Å². The van der Waals surface area contributed by atoms with Crippen molar-refractivity contribution in [3.8, 4) is 0 Å². The van der Waals surface area contributed by atoms with E-state index in [0.29, 0.717) is 32.0 Å². The minimum absolute atomic E-state index is 0.0869. The first-order valence-corrected chi connectivity index (χ1v) is 8.04. The van der Waals surface area contributed by atoms with Crippen molar-refractivity contribution in [2.75, 3.05) is 31.1 Å². The number of aromatic nitrogens is 2. The number of carboxylic acid groups (broad SMARTS) is 1. The maximum Gasteiger partial charge on any atom is 0.410 e. The standard InChI is InChI=1S/C14H20N4O4.C2H6/c1-14(2,3)22-13(21)18-6-4-17(5-7-18)11-9-15-10(8-16-11)12(19)20;1-2/h8-9H,4-7H2,1-3H3,(H,19,20);1-2H3. The molecule has 0 aromatic carbocycles. The Balaban J connectivity index is 0.00000139. The number of anilines is 1. The van der Waals surface area contributed by atoms with Crippen LogP contribution in [0.1, 0.15) is 45.1 Å². The average Bonchev–Trinajstić information content (AvgIpc) is 2.55. The first-order valence-electron chi connectivity index (χ1n) is 8.04. The number of piperazine rings is 1. The molecule has 0 bridgehead atoms. The third-order valence-electron chi connectivity index (χ3n) is 3.11. The molecule has 8 nitrogen and oxygen atoms in total. The lowest BCUT2D eigenvalue weighted by molar-refractivity contribution is 0.0240. The second-order valence-electron chi connectivity index (χ2n) is 6.02. The molecule has 1 amide bonds. The summed E-state index contributed by atoms with van der Waals surface area (Å²) in [5.74, 6) is -0.498. The van der Waals surface area contributed by atoms with Crippen molar-refractivity contribution in [2.45, 2.75) is 40.2 Å². The molecule has 2 heterocycles. The van der Waals surface area contributed by atoms with Crippen LogP contribution in [0.25, 0.3) is 0 Å². The number of carbonyl (C=O) groups excluding carboxylic acids is 1. The molecule has 0 saturated carbocycles. The van der Waals surface area contributed by atoms with Gasteiger partial charge in [0.25, 0.3) is 0 Å². The highest BCUT2D eigenvalue weighted by Crippen LogP contribution is 2.15. The van der Waals surface area contributed by atoms with Crippen LogP contribution in [0, 0.1) is 0 Å². The van der Waals surface area contributed by atoms with Crippen LogP contribution < -0.4 is 4.90 Å². The molecule has 0 aliphatic carbocycles. The van der Waals surface area contributed by atoms with Crippen LogP contribution in [-0.2, 0) is 4.74 Å². The average molecular weight is 338 g/mol. The molecule has 0 spiro atoms. The van der Waals surface area contributed by atoms with E-state index in [0.717, 1.165) is 0 Å². The van der Waals surface area contributed by atoms with Gasteiger partial charge in [-0.1, -0.05) is 13.8 Å². The molecule has 134 valence electrons. The van der Waals surface area contributed by atoms with Gasteiger partial charge in [0.15, 0.2) is 5.69 Å². The zero-order valence-corrected chi connectivity index (χ0v) is 14.9. The summed E-state index contributed by atoms with van der Waals surface area (Å²) in [6.45, 7) is 11.7. The molecule has 2 rings (SSSR count). The second kappa shape index (κ2) is 8.47. The second-order valence-corrected chi connectivity index (χ2v) is 6.02. The molecule has 0 unspecified atom stereocenters. The Morgan fingerprint density at radius 1 is 1.08 bits per heavy atom. The quantitative estimate of drug-likeness (QED) is 0.883. The van der Waals surface area contributed by atoms with Crippen molar-refractivity contribution in [2.24, 2.45) is 0 Å². The van der Waals surface area contributed by atoms with Crippen LogP contribution in [0.15, 0.2) is 12.4 Å². The van der Waals surface area contributed by atoms with Crippen molar-refractivity contribution in [3.63, 3.8) is 0 Å². The van der Waals surface area contributed by atoms with Crippen molar-refractivity contribution >= 4 is 17.9 Å². The normalized spacial score (nSPS) is 14.5. The smallest absolute Gasteiger partial charge is 0.410 e. The number of carboxylic acids is 1. The SMILES string of the molecule is CC.CC(C)(C)OC(=O)N1CCN(c2cnc(C(=O)O)cn2)CC1. The van der Waals surface area contributed by atoms with Crippen molar-refractivity contribution in [1.82, 2.24) is 14.9 Å². The molecular weight excluding hydrogens is 312 g/mol. The van der Waals surface area contributed by atoms with Gasteiger partial charge < -0.3 is 19.6 Å². The molecule has 1 aromatic heterocycles. The van der Waals surface area contributed by atoms with Crippen molar-refractivity contribution < 1.29 is 19.4 Å². The Morgan fingerprint density at radius 3 is 2.08 bits per heavy atom. The summed E-state index contributed by atoms with van der Waals surface area (Å²) in [5.41, 5.74) is -0.594. The highest BCUT2D eigenvalue weighted by atomic mass is 16.6. The van der Waals surface area contributed by atoms with E-state index in [1.54, 1.807) is 4.90 Å². The summed E-state index contributed by atoms with van der Waals surface area (Å²) in [7, 11) is 0. The van der Waals surface area contributed by atoms with E-state index < -0.39 is 11.6 Å². The number of ether oxygens (including phenoxy) is 1. The van der Waals surface area contributed by atoms with Gasteiger partial charge in [-0.15, -0.1) is 0 Å². The molecular formula is C16H26N4O4. The zero-order valence-electron chi connectivity index (χ0n) is 14.9. The number of aromatic carboxylic acids is 1. The third-order valence-corrected chi connectivity index (χ3v) is 3.11. The predicted molar refractivity (Wildman–Crippen MR) is 90.4 cm³/mol. The van der Waals surface area contributed by atoms with Gasteiger partial charge in [-0.25, -0.2) is 19.6 Å². The first kappa shape index (κ1) is 19.7. The third kappa shape index (κ3) is 5.68. The Labute approximate surface area is 142 Å². The molecule has 1 fully saturated rings. The van der Waals surface area contributed by atoms with E-state index in [1.165, 1.54) is 12.4 Å². The summed E-state index contributed by atoms with van der Waals surface area (Å²) < 4.78 is 5.34. The number of nitrogens with zero attached hydrogens (tertiary/aromatic N) is 4. The van der Waals surface area contributed by atoms with Gasteiger partial charge in [-0.05, 0) is 20.8 Å². The number of hydrogen-bond acceptors (Lipinski definition) is 6. The van der Waals surface area contributed by atoms with Gasteiger partial charge in [0.1, 0.15) is 11.4 Å². The highest BCUT2D eigenvalue weighted by Gasteiger charge is 2.26. The maximum absolute atomic E-state index is 12.0. The monoisotopic (exact) mass is 338 g/mol. The Kier molecular flexibility index (Phi) is 6.94. The van der Waals surface area contributed by atoms with E-state index >= 15 is 0 Å². The molecule has 8 heteroatoms. The van der Waals surface area contributed by atoms with Gasteiger partial charge in [0.2, 0.25) is 0 Å². The zero-order chi connectivity index (χ0) is 18.3.